The first-order valence-electron chi connectivity index (χ1n) is 14.2. The van der Waals surface area contributed by atoms with Gasteiger partial charge in [-0.25, -0.2) is 0 Å². The number of ketones is 1. The smallest absolute Gasteiger partial charge is 0.295 e. The molecule has 8 heteroatoms. The van der Waals surface area contributed by atoms with E-state index in [-0.39, 0.29) is 17.4 Å². The number of quaternary nitrogens is 1. The number of nitrogens with zero attached hydrogens (tertiary/aromatic N) is 1. The maximum absolute atomic E-state index is 13.4. The monoisotopic (exact) mass is 535 g/mol. The van der Waals surface area contributed by atoms with Crippen molar-refractivity contribution in [2.75, 3.05) is 46.0 Å². The Balaban J connectivity index is 1.45. The molecule has 208 valence electrons. The van der Waals surface area contributed by atoms with Gasteiger partial charge < -0.3 is 29.1 Å². The number of carbonyl (C=O) groups is 2. The van der Waals surface area contributed by atoms with Crippen molar-refractivity contribution in [3.8, 4) is 11.5 Å². The van der Waals surface area contributed by atoms with Crippen LogP contribution < -0.4 is 14.4 Å². The van der Waals surface area contributed by atoms with E-state index in [4.69, 9.17) is 14.2 Å². The molecule has 0 aliphatic carbocycles. The van der Waals surface area contributed by atoms with E-state index in [1.165, 1.54) is 4.90 Å². The number of aliphatic hydroxyl groups excluding tert-OH is 1. The van der Waals surface area contributed by atoms with Gasteiger partial charge in [-0.05, 0) is 54.8 Å². The highest BCUT2D eigenvalue weighted by atomic mass is 16.5. The summed E-state index contributed by atoms with van der Waals surface area (Å²) < 4.78 is 17.1. The highest BCUT2D eigenvalue weighted by Crippen LogP contribution is 2.41. The minimum atomic E-state index is -0.669. The van der Waals surface area contributed by atoms with E-state index in [0.29, 0.717) is 18.7 Å². The normalized spacial score (nSPS) is 22.7. The molecule has 0 radical (unpaired) electrons. The van der Waals surface area contributed by atoms with Gasteiger partial charge in [-0.2, -0.15) is 0 Å². The fourth-order valence-corrected chi connectivity index (χ4v) is 5.67. The minimum absolute atomic E-state index is 0.0645. The maximum atomic E-state index is 13.4. The molecule has 2 aromatic carbocycles. The van der Waals surface area contributed by atoms with Crippen molar-refractivity contribution >= 4 is 17.4 Å². The molecule has 2 saturated heterocycles. The van der Waals surface area contributed by atoms with Gasteiger partial charge >= 0.3 is 0 Å². The second kappa shape index (κ2) is 12.2. The van der Waals surface area contributed by atoms with Crippen LogP contribution in [0, 0.1) is 0 Å². The van der Waals surface area contributed by atoms with Gasteiger partial charge in [0, 0.05) is 24.9 Å². The van der Waals surface area contributed by atoms with Crippen molar-refractivity contribution in [3.05, 3.63) is 64.7 Å². The standard InChI is InChI=1S/C31H38N2O6/c1-3-4-16-38-25-9-6-22(7-10-25)28-27(29(34)23-8-11-26-24(20-23)19-21(2)39-26)30(35)31(36)33(28)13-5-12-32-14-17-37-18-15-32/h6-11,20-21,28,34H,3-5,12-19H2,1-2H3/p+1/t21-,28-/m1/s1. The van der Waals surface area contributed by atoms with Gasteiger partial charge in [0.2, 0.25) is 0 Å². The van der Waals surface area contributed by atoms with Gasteiger partial charge in [0.25, 0.3) is 11.7 Å². The van der Waals surface area contributed by atoms with Crippen LogP contribution in [0.15, 0.2) is 48.0 Å². The van der Waals surface area contributed by atoms with Gasteiger partial charge in [-0.3, -0.25) is 9.59 Å². The van der Waals surface area contributed by atoms with E-state index in [0.717, 1.165) is 81.2 Å². The lowest BCUT2D eigenvalue weighted by Gasteiger charge is -2.27. The lowest BCUT2D eigenvalue weighted by molar-refractivity contribution is -0.908. The summed E-state index contributed by atoms with van der Waals surface area (Å²) in [5, 5.41) is 11.5. The number of Topliss-reactive ketones (excluding diaryl/α,β-unsaturated/α-hetero) is 1. The third-order valence-electron chi connectivity index (χ3n) is 7.80. The molecule has 39 heavy (non-hydrogen) atoms. The average Bonchev–Trinajstić information content (AvgIpc) is 3.45. The van der Waals surface area contributed by atoms with Crippen LogP contribution in [-0.4, -0.2) is 73.8 Å². The van der Waals surface area contributed by atoms with Crippen LogP contribution in [0.3, 0.4) is 0 Å². The number of fused-ring (bicyclic) bond motifs is 1. The molecule has 1 amide bonds. The van der Waals surface area contributed by atoms with E-state index < -0.39 is 17.7 Å². The predicted octanol–water partition coefficient (Wildman–Crippen LogP) is 2.92. The molecule has 0 aromatic heterocycles. The molecule has 5 rings (SSSR count). The number of hydrogen-bond acceptors (Lipinski definition) is 6. The molecule has 0 bridgehead atoms. The Labute approximate surface area is 230 Å². The van der Waals surface area contributed by atoms with Crippen LogP contribution in [0.5, 0.6) is 11.5 Å². The number of benzene rings is 2. The van der Waals surface area contributed by atoms with Crippen LogP contribution in [0.25, 0.3) is 5.76 Å². The van der Waals surface area contributed by atoms with Crippen LogP contribution >= 0.6 is 0 Å². The third kappa shape index (κ3) is 5.97. The Morgan fingerprint density at radius 1 is 1.10 bits per heavy atom. The van der Waals surface area contributed by atoms with Crippen LogP contribution in [0.1, 0.15) is 55.8 Å². The second-order valence-corrected chi connectivity index (χ2v) is 10.7. The van der Waals surface area contributed by atoms with E-state index >= 15 is 0 Å². The minimum Gasteiger partial charge on any atom is -0.507 e. The van der Waals surface area contributed by atoms with Gasteiger partial charge in [0.05, 0.1) is 38.0 Å². The summed E-state index contributed by atoms with van der Waals surface area (Å²) in [7, 11) is 0. The quantitative estimate of drug-likeness (QED) is 0.211. The highest BCUT2D eigenvalue weighted by Gasteiger charge is 2.46. The Morgan fingerprint density at radius 3 is 2.62 bits per heavy atom. The largest absolute Gasteiger partial charge is 0.507 e. The predicted molar refractivity (Wildman–Crippen MR) is 147 cm³/mol. The van der Waals surface area contributed by atoms with Gasteiger partial charge in [0.1, 0.15) is 36.5 Å². The van der Waals surface area contributed by atoms with Gasteiger partial charge in [-0.15, -0.1) is 0 Å². The Bertz CT molecular complexity index is 1220. The molecule has 8 nitrogen and oxygen atoms in total. The molecule has 0 spiro atoms. The maximum Gasteiger partial charge on any atom is 0.295 e. The molecule has 0 unspecified atom stereocenters. The number of rotatable bonds is 10. The van der Waals surface area contributed by atoms with Crippen molar-refractivity contribution in [1.82, 2.24) is 4.90 Å². The second-order valence-electron chi connectivity index (χ2n) is 10.7. The molecule has 3 heterocycles. The van der Waals surface area contributed by atoms with Crippen LogP contribution in [-0.2, 0) is 20.7 Å². The fraction of sp³-hybridized carbons (Fsp3) is 0.484. The van der Waals surface area contributed by atoms with Gasteiger partial charge in [-0.1, -0.05) is 25.5 Å². The van der Waals surface area contributed by atoms with Crippen LogP contribution in [0.2, 0.25) is 0 Å². The summed E-state index contributed by atoms with van der Waals surface area (Å²) >= 11 is 0. The number of hydrogen-bond donors (Lipinski definition) is 2. The Kier molecular flexibility index (Phi) is 8.53. The summed E-state index contributed by atoms with van der Waals surface area (Å²) in [6.45, 7) is 9.47. The number of carbonyl (C=O) groups excluding carboxylic acids is 2. The number of aliphatic hydroxyl groups is 1. The number of unbranched alkanes of at least 4 members (excludes halogenated alkanes) is 1. The Morgan fingerprint density at radius 2 is 1.87 bits per heavy atom. The third-order valence-corrected chi connectivity index (χ3v) is 7.80. The first-order valence-corrected chi connectivity index (χ1v) is 14.2. The van der Waals surface area contributed by atoms with Gasteiger partial charge in [0.15, 0.2) is 0 Å². The number of morpholine rings is 1. The van der Waals surface area contributed by atoms with Crippen molar-refractivity contribution < 1.29 is 33.8 Å². The fourth-order valence-electron chi connectivity index (χ4n) is 5.67. The summed E-state index contributed by atoms with van der Waals surface area (Å²) in [5.41, 5.74) is 2.41. The van der Waals surface area contributed by atoms with Crippen molar-refractivity contribution in [2.45, 2.75) is 51.7 Å². The zero-order valence-corrected chi connectivity index (χ0v) is 22.9. The summed E-state index contributed by atoms with van der Waals surface area (Å²) in [6.07, 6.45) is 3.57. The van der Waals surface area contributed by atoms with Crippen molar-refractivity contribution in [1.29, 1.82) is 0 Å². The lowest BCUT2D eigenvalue weighted by atomic mass is 9.94. The molecule has 2 aromatic rings. The average molecular weight is 536 g/mol. The summed E-state index contributed by atoms with van der Waals surface area (Å²) in [4.78, 5) is 29.8. The number of nitrogens with one attached hydrogen (secondary N) is 1. The first-order chi connectivity index (χ1) is 19.0. The molecule has 2 atom stereocenters. The molecular formula is C31H39N2O6+. The van der Waals surface area contributed by atoms with Crippen molar-refractivity contribution in [2.24, 2.45) is 0 Å². The molecule has 0 saturated carbocycles. The van der Waals surface area contributed by atoms with E-state index in [1.54, 1.807) is 11.0 Å². The molecular weight excluding hydrogens is 496 g/mol. The zero-order valence-electron chi connectivity index (χ0n) is 22.9. The lowest BCUT2D eigenvalue weighted by Crippen LogP contribution is -3.14. The number of likely N-dealkylation sites (tertiary alicyclic amines) is 1. The molecule has 3 aliphatic heterocycles. The summed E-state index contributed by atoms with van der Waals surface area (Å²) in [5.74, 6) is 0.169. The number of amides is 1. The Hall–Kier alpha value is -3.36. The van der Waals surface area contributed by atoms with E-state index in [2.05, 4.69) is 6.92 Å². The molecule has 2 fully saturated rings. The topological polar surface area (TPSA) is 89.7 Å². The SMILES string of the molecule is CCCCOc1ccc([C@@H]2C(=C(O)c3ccc4c(c3)C[C@@H](C)O4)C(=O)C(=O)N2CCC[NH+]2CCOCC2)cc1. The first kappa shape index (κ1) is 27.2. The van der Waals surface area contributed by atoms with E-state index in [1.807, 2.05) is 43.3 Å². The van der Waals surface area contributed by atoms with E-state index in [9.17, 15) is 14.7 Å². The van der Waals surface area contributed by atoms with Crippen LogP contribution in [0.4, 0.5) is 0 Å². The summed E-state index contributed by atoms with van der Waals surface area (Å²) in [6, 6.07) is 12.3. The molecule has 3 aliphatic rings. The number of ether oxygens (including phenoxy) is 3. The van der Waals surface area contributed by atoms with Crippen molar-refractivity contribution in [3.63, 3.8) is 0 Å². The zero-order chi connectivity index (χ0) is 27.4. The molecule has 2 N–H and O–H groups in total. The highest BCUT2D eigenvalue weighted by molar-refractivity contribution is 6.46.